The molecule has 0 spiro atoms. The molecule has 0 N–H and O–H groups in total. The van der Waals surface area contributed by atoms with E-state index in [1.165, 1.54) is 10.5 Å². The Hall–Kier alpha value is 0.210. The number of hydrogen-bond donors (Lipinski definition) is 1. The Balaban J connectivity index is 3.06. The van der Waals surface area contributed by atoms with Gasteiger partial charge in [0.05, 0.1) is 0 Å². The normalized spacial score (nSPS) is 10.1. The highest BCUT2D eigenvalue weighted by Gasteiger charge is 1.99. The maximum absolute atomic E-state index is 5.81. The van der Waals surface area contributed by atoms with Crippen molar-refractivity contribution >= 4 is 36.0 Å². The van der Waals surface area contributed by atoms with Crippen LogP contribution in [-0.4, -0.2) is 6.26 Å². The zero-order valence-electron chi connectivity index (χ0n) is 6.17. The first-order valence-electron chi connectivity index (χ1n) is 3.21. The Morgan fingerprint density at radius 3 is 2.82 bits per heavy atom. The van der Waals surface area contributed by atoms with E-state index in [9.17, 15) is 0 Å². The molecule has 0 bridgehead atoms. The highest BCUT2D eigenvalue weighted by atomic mass is 35.5. The molecule has 0 heterocycles. The van der Waals surface area contributed by atoms with Gasteiger partial charge < -0.3 is 0 Å². The molecule has 0 nitrogen and oxygen atoms in total. The molecule has 0 saturated carbocycles. The van der Waals surface area contributed by atoms with Crippen LogP contribution in [0.5, 0.6) is 0 Å². The number of rotatable bonds is 2. The summed E-state index contributed by atoms with van der Waals surface area (Å²) in [6, 6.07) is 5.89. The summed E-state index contributed by atoms with van der Waals surface area (Å²) >= 11 is 11.7. The Bertz CT molecular complexity index is 248. The van der Waals surface area contributed by atoms with Gasteiger partial charge in [0.15, 0.2) is 0 Å². The monoisotopic (exact) mass is 204 g/mol. The second-order valence-electron chi connectivity index (χ2n) is 2.11. The van der Waals surface area contributed by atoms with E-state index >= 15 is 0 Å². The van der Waals surface area contributed by atoms with Crippen LogP contribution < -0.4 is 0 Å². The number of thioether (sulfide) groups is 1. The maximum atomic E-state index is 5.81. The third-order valence-electron chi connectivity index (χ3n) is 1.41. The summed E-state index contributed by atoms with van der Waals surface area (Å²) in [6.07, 6.45) is 2.05. The Kier molecular flexibility index (Phi) is 3.63. The molecule has 1 aromatic rings. The van der Waals surface area contributed by atoms with Gasteiger partial charge in [-0.15, -0.1) is 11.8 Å². The smallest absolute Gasteiger partial charge is 0.0409 e. The molecule has 11 heavy (non-hydrogen) atoms. The van der Waals surface area contributed by atoms with Gasteiger partial charge in [-0.1, -0.05) is 11.6 Å². The van der Waals surface area contributed by atoms with Crippen molar-refractivity contribution in [3.8, 4) is 0 Å². The van der Waals surface area contributed by atoms with Crippen molar-refractivity contribution in [2.75, 3.05) is 6.26 Å². The van der Waals surface area contributed by atoms with E-state index in [2.05, 4.69) is 18.9 Å². The fraction of sp³-hybridized carbons (Fsp3) is 0.250. The molecule has 1 aromatic carbocycles. The highest BCUT2D eigenvalue weighted by Crippen LogP contribution is 2.24. The van der Waals surface area contributed by atoms with Crippen molar-refractivity contribution < 1.29 is 0 Å². The van der Waals surface area contributed by atoms with Gasteiger partial charge in [0.25, 0.3) is 0 Å². The lowest BCUT2D eigenvalue weighted by molar-refractivity contribution is 1.28. The van der Waals surface area contributed by atoms with Crippen molar-refractivity contribution in [2.45, 2.75) is 10.6 Å². The molecule has 0 fully saturated rings. The van der Waals surface area contributed by atoms with E-state index in [4.69, 9.17) is 11.6 Å². The van der Waals surface area contributed by atoms with E-state index in [0.717, 1.165) is 10.8 Å². The summed E-state index contributed by atoms with van der Waals surface area (Å²) in [5, 5.41) is 0.784. The van der Waals surface area contributed by atoms with E-state index < -0.39 is 0 Å². The predicted molar refractivity (Wildman–Crippen MR) is 55.9 cm³/mol. The molecule has 0 saturated heterocycles. The van der Waals surface area contributed by atoms with Gasteiger partial charge in [-0.25, -0.2) is 0 Å². The van der Waals surface area contributed by atoms with Gasteiger partial charge in [-0.3, -0.25) is 0 Å². The minimum Gasteiger partial charge on any atom is -0.175 e. The summed E-state index contributed by atoms with van der Waals surface area (Å²) < 4.78 is 0. The maximum Gasteiger partial charge on any atom is 0.0409 e. The minimum atomic E-state index is 0.747. The quantitative estimate of drug-likeness (QED) is 0.569. The molecule has 60 valence electrons. The summed E-state index contributed by atoms with van der Waals surface area (Å²) in [4.78, 5) is 1.25. The molecule has 0 unspecified atom stereocenters. The average Bonchev–Trinajstić information content (AvgIpc) is 2.04. The first kappa shape index (κ1) is 9.30. The Morgan fingerprint density at radius 2 is 2.27 bits per heavy atom. The van der Waals surface area contributed by atoms with E-state index in [1.807, 2.05) is 18.2 Å². The SMILES string of the molecule is CSc1ccc(Cl)cc1CS. The number of benzene rings is 1. The van der Waals surface area contributed by atoms with Gasteiger partial charge in [-0.2, -0.15) is 12.6 Å². The standard InChI is InChI=1S/C8H9ClS2/c1-11-8-3-2-7(9)4-6(8)5-10/h2-4,10H,5H2,1H3. The topological polar surface area (TPSA) is 0 Å². The number of hydrogen-bond acceptors (Lipinski definition) is 2. The molecular formula is C8H9ClS2. The lowest BCUT2D eigenvalue weighted by atomic mass is 10.2. The second kappa shape index (κ2) is 4.29. The highest BCUT2D eigenvalue weighted by molar-refractivity contribution is 7.98. The van der Waals surface area contributed by atoms with Gasteiger partial charge in [-0.05, 0) is 30.0 Å². The molecular weight excluding hydrogens is 196 g/mol. The zero-order valence-corrected chi connectivity index (χ0v) is 8.64. The predicted octanol–water partition coefficient (Wildman–Crippen LogP) is 3.49. The Morgan fingerprint density at radius 1 is 1.55 bits per heavy atom. The zero-order chi connectivity index (χ0) is 8.27. The summed E-state index contributed by atoms with van der Waals surface area (Å²) in [7, 11) is 0. The average molecular weight is 205 g/mol. The van der Waals surface area contributed by atoms with Gasteiger partial charge in [0.1, 0.15) is 0 Å². The first-order chi connectivity index (χ1) is 5.27. The van der Waals surface area contributed by atoms with Gasteiger partial charge >= 0.3 is 0 Å². The van der Waals surface area contributed by atoms with Crippen LogP contribution >= 0.6 is 36.0 Å². The van der Waals surface area contributed by atoms with Crippen molar-refractivity contribution in [3.63, 3.8) is 0 Å². The molecule has 0 amide bonds. The van der Waals surface area contributed by atoms with Crippen LogP contribution in [0.3, 0.4) is 0 Å². The summed E-state index contributed by atoms with van der Waals surface area (Å²) in [6.45, 7) is 0. The third kappa shape index (κ3) is 2.32. The minimum absolute atomic E-state index is 0.747. The van der Waals surface area contributed by atoms with Crippen LogP contribution in [0, 0.1) is 0 Å². The summed E-state index contributed by atoms with van der Waals surface area (Å²) in [5.74, 6) is 0.747. The second-order valence-corrected chi connectivity index (χ2v) is 3.72. The van der Waals surface area contributed by atoms with Gasteiger partial charge in [0, 0.05) is 15.7 Å². The van der Waals surface area contributed by atoms with Crippen LogP contribution in [0.25, 0.3) is 0 Å². The van der Waals surface area contributed by atoms with E-state index in [0.29, 0.717) is 0 Å². The Labute approximate surface area is 81.7 Å². The fourth-order valence-corrected chi connectivity index (χ4v) is 2.03. The van der Waals surface area contributed by atoms with Crippen LogP contribution in [0.4, 0.5) is 0 Å². The number of thiol groups is 1. The molecule has 0 aliphatic rings. The van der Waals surface area contributed by atoms with Crippen LogP contribution in [0.1, 0.15) is 5.56 Å². The van der Waals surface area contributed by atoms with Gasteiger partial charge in [0.2, 0.25) is 0 Å². The van der Waals surface area contributed by atoms with Crippen LogP contribution in [-0.2, 0) is 5.75 Å². The lowest BCUT2D eigenvalue weighted by Crippen LogP contribution is -1.81. The van der Waals surface area contributed by atoms with Crippen molar-refractivity contribution in [1.82, 2.24) is 0 Å². The lowest BCUT2D eigenvalue weighted by Gasteiger charge is -2.03. The van der Waals surface area contributed by atoms with Crippen LogP contribution in [0.2, 0.25) is 5.02 Å². The van der Waals surface area contributed by atoms with Crippen molar-refractivity contribution in [3.05, 3.63) is 28.8 Å². The van der Waals surface area contributed by atoms with Crippen molar-refractivity contribution in [1.29, 1.82) is 0 Å². The molecule has 0 aliphatic heterocycles. The van der Waals surface area contributed by atoms with Crippen molar-refractivity contribution in [2.24, 2.45) is 0 Å². The number of halogens is 1. The molecule has 0 aromatic heterocycles. The molecule has 0 atom stereocenters. The fourth-order valence-electron chi connectivity index (χ4n) is 0.871. The molecule has 0 aliphatic carbocycles. The largest absolute Gasteiger partial charge is 0.175 e. The van der Waals surface area contributed by atoms with Crippen LogP contribution in [0.15, 0.2) is 23.1 Å². The van der Waals surface area contributed by atoms with E-state index in [-0.39, 0.29) is 0 Å². The summed E-state index contributed by atoms with van der Waals surface area (Å²) in [5.41, 5.74) is 1.20. The molecule has 1 rings (SSSR count). The third-order valence-corrected chi connectivity index (χ3v) is 2.83. The van der Waals surface area contributed by atoms with E-state index in [1.54, 1.807) is 11.8 Å². The molecule has 0 radical (unpaired) electrons. The first-order valence-corrected chi connectivity index (χ1v) is 5.44. The molecule has 3 heteroatoms.